The van der Waals surface area contributed by atoms with E-state index in [0.717, 1.165) is 17.4 Å². The van der Waals surface area contributed by atoms with E-state index in [1.165, 1.54) is 12.1 Å². The van der Waals surface area contributed by atoms with E-state index < -0.39 is 5.82 Å². The summed E-state index contributed by atoms with van der Waals surface area (Å²) in [7, 11) is 0. The predicted octanol–water partition coefficient (Wildman–Crippen LogP) is 3.73. The van der Waals surface area contributed by atoms with Crippen molar-refractivity contribution in [1.29, 1.82) is 0 Å². The monoisotopic (exact) mass is 272 g/mol. The third-order valence-electron chi connectivity index (χ3n) is 3.41. The lowest BCUT2D eigenvalue weighted by Crippen LogP contribution is -2.29. The van der Waals surface area contributed by atoms with Crippen molar-refractivity contribution in [1.82, 2.24) is 0 Å². The van der Waals surface area contributed by atoms with Gasteiger partial charge in [0, 0.05) is 12.8 Å². The van der Waals surface area contributed by atoms with Crippen LogP contribution >= 0.6 is 0 Å². The minimum Gasteiger partial charge on any atom is -0.364 e. The number of para-hydroxylation sites is 2. The Morgan fingerprint density at radius 2 is 1.95 bits per heavy atom. The first-order valence-corrected chi connectivity index (χ1v) is 6.54. The van der Waals surface area contributed by atoms with Crippen molar-refractivity contribution in [2.45, 2.75) is 6.42 Å². The molecule has 0 saturated heterocycles. The van der Waals surface area contributed by atoms with Gasteiger partial charge < -0.3 is 4.90 Å². The van der Waals surface area contributed by atoms with E-state index >= 15 is 0 Å². The summed E-state index contributed by atoms with van der Waals surface area (Å²) < 4.78 is 26.8. The van der Waals surface area contributed by atoms with Crippen LogP contribution in [0.4, 0.5) is 20.2 Å². The summed E-state index contributed by atoms with van der Waals surface area (Å²) in [6.45, 7) is 1.32. The highest BCUT2D eigenvalue weighted by molar-refractivity contribution is 5.81. The van der Waals surface area contributed by atoms with Crippen LogP contribution in [0.3, 0.4) is 0 Å². The molecule has 0 aromatic heterocycles. The largest absolute Gasteiger partial charge is 0.364 e. The molecule has 0 bridgehead atoms. The second-order valence-electron chi connectivity index (χ2n) is 4.73. The highest BCUT2D eigenvalue weighted by atomic mass is 19.1. The normalized spacial score (nSPS) is 13.4. The van der Waals surface area contributed by atoms with Gasteiger partial charge in [-0.05, 0) is 42.3 Å². The zero-order chi connectivity index (χ0) is 13.9. The van der Waals surface area contributed by atoms with Crippen LogP contribution in [-0.4, -0.2) is 19.3 Å². The van der Waals surface area contributed by atoms with E-state index in [1.54, 1.807) is 0 Å². The fourth-order valence-electron chi connectivity index (χ4n) is 2.38. The molecule has 0 fully saturated rings. The summed E-state index contributed by atoms with van der Waals surface area (Å²) in [5, 5.41) is 0. The van der Waals surface area contributed by atoms with E-state index in [-0.39, 0.29) is 5.82 Å². The van der Waals surface area contributed by atoms with Gasteiger partial charge in [-0.1, -0.05) is 12.1 Å². The average molecular weight is 272 g/mol. The van der Waals surface area contributed by atoms with E-state index in [1.807, 2.05) is 30.5 Å². The van der Waals surface area contributed by atoms with Crippen LogP contribution in [0, 0.1) is 11.6 Å². The molecular formula is C16H14F2N2. The summed E-state index contributed by atoms with van der Waals surface area (Å²) in [6, 6.07) is 11.4. The van der Waals surface area contributed by atoms with Crippen LogP contribution < -0.4 is 4.90 Å². The van der Waals surface area contributed by atoms with E-state index in [2.05, 4.69) is 9.89 Å². The van der Waals surface area contributed by atoms with Gasteiger partial charge in [0.1, 0.15) is 11.6 Å². The molecule has 2 aromatic carbocycles. The summed E-state index contributed by atoms with van der Waals surface area (Å²) in [5.41, 5.74) is 2.36. The Labute approximate surface area is 116 Å². The van der Waals surface area contributed by atoms with Crippen LogP contribution in [0.2, 0.25) is 0 Å². The molecule has 0 radical (unpaired) electrons. The maximum absolute atomic E-state index is 13.6. The number of anilines is 1. The second-order valence-corrected chi connectivity index (χ2v) is 4.73. The first kappa shape index (κ1) is 12.8. The summed E-state index contributed by atoms with van der Waals surface area (Å²) in [5.74, 6) is -0.757. The van der Waals surface area contributed by atoms with Gasteiger partial charge in [0.15, 0.2) is 0 Å². The molecule has 3 rings (SSSR count). The van der Waals surface area contributed by atoms with Crippen molar-refractivity contribution >= 4 is 17.6 Å². The van der Waals surface area contributed by atoms with Crippen molar-refractivity contribution in [3.05, 3.63) is 59.7 Å². The van der Waals surface area contributed by atoms with Crippen LogP contribution in [0.25, 0.3) is 0 Å². The first-order valence-electron chi connectivity index (χ1n) is 6.54. The predicted molar refractivity (Wildman–Crippen MR) is 76.9 cm³/mol. The zero-order valence-corrected chi connectivity index (χ0v) is 10.9. The third-order valence-corrected chi connectivity index (χ3v) is 3.41. The molecule has 0 N–H and O–H groups in total. The third kappa shape index (κ3) is 2.54. The maximum atomic E-state index is 13.6. The number of aliphatic imine (C=N–C) groups is 1. The molecule has 4 heteroatoms. The first-order chi connectivity index (χ1) is 9.74. The number of rotatable bonds is 3. The van der Waals surface area contributed by atoms with Gasteiger partial charge in [0.2, 0.25) is 0 Å². The van der Waals surface area contributed by atoms with Gasteiger partial charge >= 0.3 is 0 Å². The van der Waals surface area contributed by atoms with Gasteiger partial charge in [0.05, 0.1) is 17.9 Å². The molecule has 20 heavy (non-hydrogen) atoms. The number of nitrogens with zero attached hydrogens (tertiary/aromatic N) is 2. The average Bonchev–Trinajstić information content (AvgIpc) is 2.48. The zero-order valence-electron chi connectivity index (χ0n) is 10.9. The van der Waals surface area contributed by atoms with Crippen molar-refractivity contribution in [3.8, 4) is 0 Å². The standard InChI is InChI=1S/C16H14F2N2/c17-13-5-6-14(18)12(11-13)7-9-20-10-8-19-15-3-1-2-4-16(15)20/h1-6,8,11H,7,9-10H2. The van der Waals surface area contributed by atoms with Gasteiger partial charge in [-0.2, -0.15) is 0 Å². The summed E-state index contributed by atoms with van der Waals surface area (Å²) in [6.07, 6.45) is 2.30. The molecule has 102 valence electrons. The Morgan fingerprint density at radius 3 is 2.85 bits per heavy atom. The van der Waals surface area contributed by atoms with Gasteiger partial charge in [0.25, 0.3) is 0 Å². The Morgan fingerprint density at radius 1 is 1.10 bits per heavy atom. The van der Waals surface area contributed by atoms with Crippen molar-refractivity contribution < 1.29 is 8.78 Å². The lowest BCUT2D eigenvalue weighted by molar-refractivity contribution is 0.583. The van der Waals surface area contributed by atoms with Crippen molar-refractivity contribution in [2.75, 3.05) is 18.0 Å². The number of fused-ring (bicyclic) bond motifs is 1. The Hall–Kier alpha value is -2.23. The van der Waals surface area contributed by atoms with Crippen LogP contribution in [0.1, 0.15) is 5.56 Å². The molecule has 0 saturated carbocycles. The number of halogens is 2. The molecule has 2 aromatic rings. The summed E-state index contributed by atoms with van der Waals surface area (Å²) >= 11 is 0. The minimum absolute atomic E-state index is 0.356. The highest BCUT2D eigenvalue weighted by Crippen LogP contribution is 2.30. The fourth-order valence-corrected chi connectivity index (χ4v) is 2.38. The maximum Gasteiger partial charge on any atom is 0.126 e. The van der Waals surface area contributed by atoms with Gasteiger partial charge in [-0.25, -0.2) is 8.78 Å². The highest BCUT2D eigenvalue weighted by Gasteiger charge is 2.14. The van der Waals surface area contributed by atoms with Crippen LogP contribution in [0.5, 0.6) is 0 Å². The van der Waals surface area contributed by atoms with E-state index in [9.17, 15) is 8.78 Å². The molecule has 0 atom stereocenters. The molecular weight excluding hydrogens is 258 g/mol. The van der Waals surface area contributed by atoms with Crippen molar-refractivity contribution in [2.24, 2.45) is 4.99 Å². The number of benzene rings is 2. The lowest BCUT2D eigenvalue weighted by Gasteiger charge is -2.27. The lowest BCUT2D eigenvalue weighted by atomic mass is 10.1. The van der Waals surface area contributed by atoms with E-state index in [4.69, 9.17) is 0 Å². The van der Waals surface area contributed by atoms with Gasteiger partial charge in [-0.3, -0.25) is 4.99 Å². The molecule has 1 heterocycles. The summed E-state index contributed by atoms with van der Waals surface area (Å²) in [4.78, 5) is 6.45. The second kappa shape index (κ2) is 5.41. The number of hydrogen-bond donors (Lipinski definition) is 0. The molecule has 1 aliphatic rings. The molecule has 1 aliphatic heterocycles. The fraction of sp³-hybridized carbons (Fsp3) is 0.188. The van der Waals surface area contributed by atoms with Crippen LogP contribution in [0.15, 0.2) is 47.5 Å². The smallest absolute Gasteiger partial charge is 0.126 e. The molecule has 0 spiro atoms. The number of hydrogen-bond acceptors (Lipinski definition) is 2. The quantitative estimate of drug-likeness (QED) is 0.831. The SMILES string of the molecule is Fc1ccc(F)c(CCN2CC=Nc3ccccc32)c1. The Balaban J connectivity index is 1.76. The minimum atomic E-state index is -0.401. The van der Waals surface area contributed by atoms with E-state index in [0.29, 0.717) is 25.1 Å². The van der Waals surface area contributed by atoms with Gasteiger partial charge in [-0.15, -0.1) is 0 Å². The molecule has 0 aliphatic carbocycles. The van der Waals surface area contributed by atoms with Crippen LogP contribution in [-0.2, 0) is 6.42 Å². The Bertz CT molecular complexity index is 653. The molecule has 0 amide bonds. The Kier molecular flexibility index (Phi) is 3.46. The molecule has 0 unspecified atom stereocenters. The van der Waals surface area contributed by atoms with Crippen molar-refractivity contribution in [3.63, 3.8) is 0 Å². The molecule has 2 nitrogen and oxygen atoms in total. The topological polar surface area (TPSA) is 15.6 Å².